The molecule has 2 atom stereocenters. The van der Waals surface area contributed by atoms with Gasteiger partial charge in [-0.2, -0.15) is 18.3 Å². The van der Waals surface area contributed by atoms with E-state index < -0.39 is 11.7 Å². The molecular formula is C18H24ClF3N4. The van der Waals surface area contributed by atoms with E-state index in [0.29, 0.717) is 11.5 Å². The number of alkyl halides is 3. The van der Waals surface area contributed by atoms with Gasteiger partial charge in [-0.15, -0.1) is 12.4 Å². The van der Waals surface area contributed by atoms with E-state index in [1.54, 1.807) is 6.20 Å². The number of piperidine rings is 1. The Balaban J connectivity index is 0.00000243. The Morgan fingerprint density at radius 3 is 2.62 bits per heavy atom. The molecule has 3 N–H and O–H groups in total. The number of H-pyrrole nitrogens is 1. The van der Waals surface area contributed by atoms with Gasteiger partial charge in [-0.05, 0) is 49.9 Å². The lowest BCUT2D eigenvalue weighted by Crippen LogP contribution is -2.41. The molecule has 1 fully saturated rings. The topological polar surface area (TPSA) is 57.9 Å². The molecule has 0 saturated carbocycles. The van der Waals surface area contributed by atoms with Crippen LogP contribution >= 0.6 is 12.4 Å². The molecule has 1 aromatic heterocycles. The molecule has 4 nitrogen and oxygen atoms in total. The predicted molar refractivity (Wildman–Crippen MR) is 97.9 cm³/mol. The van der Waals surface area contributed by atoms with E-state index in [-0.39, 0.29) is 18.4 Å². The molecule has 8 heteroatoms. The van der Waals surface area contributed by atoms with Gasteiger partial charge < -0.3 is 5.73 Å². The van der Waals surface area contributed by atoms with Gasteiger partial charge in [0.25, 0.3) is 0 Å². The van der Waals surface area contributed by atoms with Crippen LogP contribution in [-0.2, 0) is 12.7 Å². The average Bonchev–Trinajstić information content (AvgIpc) is 3.02. The largest absolute Gasteiger partial charge is 0.416 e. The molecule has 0 amide bonds. The summed E-state index contributed by atoms with van der Waals surface area (Å²) in [7, 11) is 0. The molecule has 1 aliphatic heterocycles. The molecule has 144 valence electrons. The minimum Gasteiger partial charge on any atom is -0.328 e. The van der Waals surface area contributed by atoms with E-state index in [1.807, 2.05) is 6.92 Å². The summed E-state index contributed by atoms with van der Waals surface area (Å²) in [5, 5.41) is 7.01. The van der Waals surface area contributed by atoms with Crippen LogP contribution in [0.5, 0.6) is 0 Å². The molecule has 2 aromatic rings. The van der Waals surface area contributed by atoms with Crippen molar-refractivity contribution in [1.82, 2.24) is 15.1 Å². The molecule has 1 aliphatic rings. The Labute approximate surface area is 157 Å². The van der Waals surface area contributed by atoms with Crippen LogP contribution in [-0.4, -0.2) is 34.2 Å². The molecule has 0 bridgehead atoms. The molecular weight excluding hydrogens is 365 g/mol. The summed E-state index contributed by atoms with van der Waals surface area (Å²) < 4.78 is 38.1. The number of nitrogens with zero attached hydrogens (tertiary/aromatic N) is 2. The molecule has 3 rings (SSSR count). The first-order valence-electron chi connectivity index (χ1n) is 8.52. The Morgan fingerprint density at radius 2 is 2.00 bits per heavy atom. The first-order valence-corrected chi connectivity index (χ1v) is 8.52. The van der Waals surface area contributed by atoms with E-state index in [2.05, 4.69) is 15.1 Å². The van der Waals surface area contributed by atoms with Crippen LogP contribution in [0.25, 0.3) is 11.3 Å². The van der Waals surface area contributed by atoms with Crippen molar-refractivity contribution in [3.8, 4) is 11.3 Å². The zero-order valence-corrected chi connectivity index (χ0v) is 15.4. The van der Waals surface area contributed by atoms with Gasteiger partial charge in [0, 0.05) is 24.7 Å². The van der Waals surface area contributed by atoms with Crippen LogP contribution in [0.4, 0.5) is 13.2 Å². The minimum atomic E-state index is -4.32. The highest BCUT2D eigenvalue weighted by molar-refractivity contribution is 5.85. The zero-order valence-electron chi connectivity index (χ0n) is 14.6. The summed E-state index contributed by atoms with van der Waals surface area (Å²) in [6.07, 6.45) is -0.315. The third-order valence-corrected chi connectivity index (χ3v) is 4.90. The number of aromatic amines is 1. The molecule has 1 saturated heterocycles. The lowest BCUT2D eigenvalue weighted by Gasteiger charge is -2.34. The van der Waals surface area contributed by atoms with E-state index >= 15 is 0 Å². The summed E-state index contributed by atoms with van der Waals surface area (Å²) >= 11 is 0. The number of rotatable bonds is 4. The zero-order chi connectivity index (χ0) is 18.0. The molecule has 0 aliphatic carbocycles. The fraction of sp³-hybridized carbons (Fsp3) is 0.500. The Hall–Kier alpha value is -1.57. The number of nitrogens with two attached hydrogens (primary N) is 1. The van der Waals surface area contributed by atoms with Crippen LogP contribution < -0.4 is 5.73 Å². The van der Waals surface area contributed by atoms with E-state index in [1.165, 1.54) is 12.1 Å². The van der Waals surface area contributed by atoms with Crippen molar-refractivity contribution in [3.05, 3.63) is 41.6 Å². The monoisotopic (exact) mass is 388 g/mol. The second-order valence-electron chi connectivity index (χ2n) is 6.84. The number of hydrogen-bond acceptors (Lipinski definition) is 3. The first-order chi connectivity index (χ1) is 11.8. The Morgan fingerprint density at radius 1 is 1.31 bits per heavy atom. The van der Waals surface area contributed by atoms with Crippen molar-refractivity contribution in [3.63, 3.8) is 0 Å². The van der Waals surface area contributed by atoms with Crippen LogP contribution in [0.3, 0.4) is 0 Å². The Kier molecular flexibility index (Phi) is 6.71. The van der Waals surface area contributed by atoms with Crippen molar-refractivity contribution in [2.24, 2.45) is 11.7 Å². The van der Waals surface area contributed by atoms with E-state index in [4.69, 9.17) is 5.73 Å². The number of halogens is 4. The predicted octanol–water partition coefficient (Wildman–Crippen LogP) is 4.08. The number of nitrogens with one attached hydrogen (secondary N) is 1. The number of hydrogen-bond donors (Lipinski definition) is 2. The standard InChI is InChI=1S/C18H23F3N4.ClH/c1-12(22)14-3-2-8-25(10-14)11-15-9-23-24-17(15)13-4-6-16(7-5-13)18(19,20)21;/h4-7,9,12,14H,2-3,8,10-11,22H2,1H3,(H,23,24);1H. The summed E-state index contributed by atoms with van der Waals surface area (Å²) in [6.45, 7) is 4.70. The fourth-order valence-corrected chi connectivity index (χ4v) is 3.41. The van der Waals surface area contributed by atoms with Gasteiger partial charge in [-0.3, -0.25) is 10.00 Å². The summed E-state index contributed by atoms with van der Waals surface area (Å²) in [4.78, 5) is 2.34. The molecule has 26 heavy (non-hydrogen) atoms. The smallest absolute Gasteiger partial charge is 0.328 e. The lowest BCUT2D eigenvalue weighted by atomic mass is 9.92. The van der Waals surface area contributed by atoms with Gasteiger partial charge in [0.1, 0.15) is 0 Å². The van der Waals surface area contributed by atoms with Crippen LogP contribution in [0.15, 0.2) is 30.5 Å². The van der Waals surface area contributed by atoms with Gasteiger partial charge in [-0.1, -0.05) is 12.1 Å². The third kappa shape index (κ3) is 4.78. The Bertz CT molecular complexity index is 697. The fourth-order valence-electron chi connectivity index (χ4n) is 3.41. The lowest BCUT2D eigenvalue weighted by molar-refractivity contribution is -0.137. The minimum absolute atomic E-state index is 0. The third-order valence-electron chi connectivity index (χ3n) is 4.90. The molecule has 1 aromatic carbocycles. The second-order valence-corrected chi connectivity index (χ2v) is 6.84. The maximum Gasteiger partial charge on any atom is 0.416 e. The average molecular weight is 389 g/mol. The van der Waals surface area contributed by atoms with Gasteiger partial charge in [0.2, 0.25) is 0 Å². The van der Waals surface area contributed by atoms with Gasteiger partial charge in [-0.25, -0.2) is 0 Å². The second kappa shape index (κ2) is 8.41. The molecule has 2 unspecified atom stereocenters. The molecule has 0 radical (unpaired) electrons. The first kappa shape index (κ1) is 20.7. The highest BCUT2D eigenvalue weighted by atomic mass is 35.5. The normalized spacial score (nSPS) is 19.8. The SMILES string of the molecule is CC(N)C1CCCN(Cc2cn[nH]c2-c2ccc(C(F)(F)F)cc2)C1.Cl. The maximum absolute atomic E-state index is 12.7. The van der Waals surface area contributed by atoms with Crippen molar-refractivity contribution in [2.45, 2.75) is 38.5 Å². The molecule has 0 spiro atoms. The highest BCUT2D eigenvalue weighted by Gasteiger charge is 2.30. The highest BCUT2D eigenvalue weighted by Crippen LogP contribution is 2.31. The number of likely N-dealkylation sites (tertiary alicyclic amines) is 1. The summed E-state index contributed by atoms with van der Waals surface area (Å²) in [5.74, 6) is 0.482. The quantitative estimate of drug-likeness (QED) is 0.829. The summed E-state index contributed by atoms with van der Waals surface area (Å²) in [5.41, 5.74) is 7.87. The van der Waals surface area contributed by atoms with Crippen molar-refractivity contribution < 1.29 is 13.2 Å². The number of aromatic nitrogens is 2. The van der Waals surface area contributed by atoms with Crippen LogP contribution in [0, 0.1) is 5.92 Å². The van der Waals surface area contributed by atoms with Crippen molar-refractivity contribution in [1.29, 1.82) is 0 Å². The van der Waals surface area contributed by atoms with Gasteiger partial charge in [0.15, 0.2) is 0 Å². The van der Waals surface area contributed by atoms with Crippen molar-refractivity contribution >= 4 is 12.4 Å². The van der Waals surface area contributed by atoms with Crippen LogP contribution in [0.2, 0.25) is 0 Å². The maximum atomic E-state index is 12.7. The van der Waals surface area contributed by atoms with Crippen molar-refractivity contribution in [2.75, 3.05) is 13.1 Å². The van der Waals surface area contributed by atoms with Crippen LogP contribution in [0.1, 0.15) is 30.9 Å². The summed E-state index contributed by atoms with van der Waals surface area (Å²) in [6, 6.07) is 5.35. The number of benzene rings is 1. The molecule has 2 heterocycles. The van der Waals surface area contributed by atoms with Gasteiger partial charge in [0.05, 0.1) is 17.5 Å². The van der Waals surface area contributed by atoms with E-state index in [0.717, 1.165) is 55.9 Å². The van der Waals surface area contributed by atoms with E-state index in [9.17, 15) is 13.2 Å². The van der Waals surface area contributed by atoms with Gasteiger partial charge >= 0.3 is 6.18 Å².